The summed E-state index contributed by atoms with van der Waals surface area (Å²) in [6, 6.07) is 3.57. The van der Waals surface area contributed by atoms with Gasteiger partial charge in [-0.1, -0.05) is 12.8 Å². The van der Waals surface area contributed by atoms with Crippen molar-refractivity contribution in [2.45, 2.75) is 31.7 Å². The van der Waals surface area contributed by atoms with Crippen molar-refractivity contribution in [3.05, 3.63) is 23.9 Å². The quantitative estimate of drug-likeness (QED) is 0.812. The lowest BCUT2D eigenvalue weighted by atomic mass is 9.85. The molecule has 0 aliphatic heterocycles. The first kappa shape index (κ1) is 13.8. The van der Waals surface area contributed by atoms with E-state index < -0.39 is 5.97 Å². The Morgan fingerprint density at radius 3 is 3.05 bits per heavy atom. The van der Waals surface area contributed by atoms with Crippen molar-refractivity contribution in [2.24, 2.45) is 5.92 Å². The van der Waals surface area contributed by atoms with Crippen LogP contribution in [0.25, 0.3) is 0 Å². The molecule has 1 saturated carbocycles. The average molecular weight is 264 g/mol. The number of pyridine rings is 1. The van der Waals surface area contributed by atoms with E-state index >= 15 is 0 Å². The lowest BCUT2D eigenvalue weighted by molar-refractivity contribution is 0.0601. The first-order valence-corrected chi connectivity index (χ1v) is 6.67. The van der Waals surface area contributed by atoms with Crippen LogP contribution in [0.15, 0.2) is 18.3 Å². The number of ether oxygens (including phenoxy) is 1. The largest absolute Gasteiger partial charge is 0.465 e. The van der Waals surface area contributed by atoms with Gasteiger partial charge in [0.15, 0.2) is 0 Å². The number of aliphatic hydroxyl groups excluding tert-OH is 1. The normalized spacial score (nSPS) is 22.8. The van der Waals surface area contributed by atoms with Crippen molar-refractivity contribution in [3.63, 3.8) is 0 Å². The Balaban J connectivity index is 2.15. The second-order valence-electron chi connectivity index (χ2n) is 4.87. The van der Waals surface area contributed by atoms with Crippen LogP contribution in [0.1, 0.15) is 36.0 Å². The minimum atomic E-state index is -0.396. The highest BCUT2D eigenvalue weighted by molar-refractivity contribution is 5.94. The van der Waals surface area contributed by atoms with Crippen LogP contribution in [-0.4, -0.2) is 35.8 Å². The van der Waals surface area contributed by atoms with Gasteiger partial charge >= 0.3 is 5.97 Å². The number of carbonyl (C=O) groups is 1. The minimum absolute atomic E-state index is 0.164. The van der Waals surface area contributed by atoms with Crippen LogP contribution in [0, 0.1) is 5.92 Å². The molecule has 5 heteroatoms. The maximum Gasteiger partial charge on any atom is 0.341 e. The summed E-state index contributed by atoms with van der Waals surface area (Å²) >= 11 is 0. The SMILES string of the molecule is COC(=O)c1cccnc1NC1CCCCC1CO. The molecule has 0 aromatic carbocycles. The molecule has 1 fully saturated rings. The number of hydrogen-bond donors (Lipinski definition) is 2. The minimum Gasteiger partial charge on any atom is -0.465 e. The molecule has 0 radical (unpaired) electrons. The van der Waals surface area contributed by atoms with Gasteiger partial charge in [-0.05, 0) is 25.0 Å². The monoisotopic (exact) mass is 264 g/mol. The van der Waals surface area contributed by atoms with E-state index in [1.54, 1.807) is 18.3 Å². The summed E-state index contributed by atoms with van der Waals surface area (Å²) in [6.07, 6.45) is 5.92. The van der Waals surface area contributed by atoms with Crippen LogP contribution >= 0.6 is 0 Å². The standard InChI is InChI=1S/C14H20N2O3/c1-19-14(18)11-6-4-8-15-13(11)16-12-7-3-2-5-10(12)9-17/h4,6,8,10,12,17H,2-3,5,7,9H2,1H3,(H,15,16). The molecule has 0 saturated heterocycles. The van der Waals surface area contributed by atoms with E-state index in [1.807, 2.05) is 0 Å². The highest BCUT2D eigenvalue weighted by Crippen LogP contribution is 2.27. The van der Waals surface area contributed by atoms with Gasteiger partial charge < -0.3 is 15.2 Å². The van der Waals surface area contributed by atoms with E-state index in [0.29, 0.717) is 11.4 Å². The number of esters is 1. The van der Waals surface area contributed by atoms with Gasteiger partial charge in [0.1, 0.15) is 11.4 Å². The van der Waals surface area contributed by atoms with Crippen LogP contribution in [0.2, 0.25) is 0 Å². The lowest BCUT2D eigenvalue weighted by Gasteiger charge is -2.31. The zero-order valence-electron chi connectivity index (χ0n) is 11.1. The van der Waals surface area contributed by atoms with Crippen molar-refractivity contribution < 1.29 is 14.6 Å². The summed E-state index contributed by atoms with van der Waals surface area (Å²) in [5.74, 6) is 0.368. The van der Waals surface area contributed by atoms with Crippen molar-refractivity contribution in [1.82, 2.24) is 4.98 Å². The van der Waals surface area contributed by atoms with Gasteiger partial charge in [-0.15, -0.1) is 0 Å². The summed E-state index contributed by atoms with van der Waals surface area (Å²) in [5, 5.41) is 12.7. The molecule has 1 aliphatic rings. The summed E-state index contributed by atoms with van der Waals surface area (Å²) in [4.78, 5) is 15.9. The number of nitrogens with one attached hydrogen (secondary N) is 1. The van der Waals surface area contributed by atoms with Crippen molar-refractivity contribution in [1.29, 1.82) is 0 Å². The third-order valence-electron chi connectivity index (χ3n) is 3.68. The molecule has 2 N–H and O–H groups in total. The molecule has 0 spiro atoms. The third-order valence-corrected chi connectivity index (χ3v) is 3.68. The van der Waals surface area contributed by atoms with E-state index in [4.69, 9.17) is 4.74 Å². The molecule has 5 nitrogen and oxygen atoms in total. The molecular formula is C14H20N2O3. The summed E-state index contributed by atoms with van der Waals surface area (Å²) in [7, 11) is 1.36. The second kappa shape index (κ2) is 6.52. The Hall–Kier alpha value is -1.62. The Labute approximate surface area is 113 Å². The Kier molecular flexibility index (Phi) is 4.74. The summed E-state index contributed by atoms with van der Waals surface area (Å²) in [5.41, 5.74) is 0.437. The van der Waals surface area contributed by atoms with Gasteiger partial charge in [0.25, 0.3) is 0 Å². The van der Waals surface area contributed by atoms with Gasteiger partial charge in [0.05, 0.1) is 7.11 Å². The second-order valence-corrected chi connectivity index (χ2v) is 4.87. The van der Waals surface area contributed by atoms with E-state index in [2.05, 4.69) is 10.3 Å². The van der Waals surface area contributed by atoms with Crippen LogP contribution in [0.5, 0.6) is 0 Å². The first-order valence-electron chi connectivity index (χ1n) is 6.67. The van der Waals surface area contributed by atoms with E-state index in [1.165, 1.54) is 7.11 Å². The van der Waals surface area contributed by atoms with Crippen LogP contribution < -0.4 is 5.32 Å². The number of hydrogen-bond acceptors (Lipinski definition) is 5. The van der Waals surface area contributed by atoms with Crippen molar-refractivity contribution >= 4 is 11.8 Å². The van der Waals surface area contributed by atoms with Crippen molar-refractivity contribution in [2.75, 3.05) is 19.0 Å². The third kappa shape index (κ3) is 3.23. The predicted octanol–water partition coefficient (Wildman–Crippen LogP) is 1.83. The Morgan fingerprint density at radius 2 is 2.32 bits per heavy atom. The fraction of sp³-hybridized carbons (Fsp3) is 0.571. The smallest absolute Gasteiger partial charge is 0.341 e. The van der Waals surface area contributed by atoms with Crippen LogP contribution in [0.3, 0.4) is 0 Å². The van der Waals surface area contributed by atoms with Crippen molar-refractivity contribution in [3.8, 4) is 0 Å². The summed E-state index contributed by atoms with van der Waals surface area (Å²) < 4.78 is 4.75. The number of rotatable bonds is 4. The highest BCUT2D eigenvalue weighted by Gasteiger charge is 2.26. The van der Waals surface area contributed by atoms with E-state index in [0.717, 1.165) is 25.7 Å². The molecule has 0 bridgehead atoms. The number of methoxy groups -OCH3 is 1. The number of anilines is 1. The number of nitrogens with zero attached hydrogens (tertiary/aromatic N) is 1. The zero-order chi connectivity index (χ0) is 13.7. The lowest BCUT2D eigenvalue weighted by Crippen LogP contribution is -2.35. The molecule has 1 aromatic rings. The average Bonchev–Trinajstić information content (AvgIpc) is 2.47. The molecule has 2 unspecified atom stereocenters. The zero-order valence-corrected chi connectivity index (χ0v) is 11.1. The molecular weight excluding hydrogens is 244 g/mol. The van der Waals surface area contributed by atoms with Gasteiger partial charge in [0.2, 0.25) is 0 Å². The fourth-order valence-corrected chi connectivity index (χ4v) is 2.59. The number of carbonyl (C=O) groups excluding carboxylic acids is 1. The molecule has 19 heavy (non-hydrogen) atoms. The molecule has 0 amide bonds. The predicted molar refractivity (Wildman–Crippen MR) is 72.0 cm³/mol. The molecule has 2 atom stereocenters. The molecule has 104 valence electrons. The maximum atomic E-state index is 11.7. The maximum absolute atomic E-state index is 11.7. The van der Waals surface area contributed by atoms with Gasteiger partial charge in [-0.25, -0.2) is 9.78 Å². The fourth-order valence-electron chi connectivity index (χ4n) is 2.59. The molecule has 1 aromatic heterocycles. The van der Waals surface area contributed by atoms with Gasteiger partial charge in [0, 0.05) is 24.8 Å². The van der Waals surface area contributed by atoms with Crippen LogP contribution in [0.4, 0.5) is 5.82 Å². The molecule has 2 rings (SSSR count). The highest BCUT2D eigenvalue weighted by atomic mass is 16.5. The Bertz CT molecular complexity index is 436. The van der Waals surface area contributed by atoms with E-state index in [-0.39, 0.29) is 18.6 Å². The summed E-state index contributed by atoms with van der Waals surface area (Å²) in [6.45, 7) is 0.165. The number of aromatic nitrogens is 1. The first-order chi connectivity index (χ1) is 9.26. The topological polar surface area (TPSA) is 71.5 Å². The Morgan fingerprint density at radius 1 is 1.53 bits per heavy atom. The van der Waals surface area contributed by atoms with Gasteiger partial charge in [-0.3, -0.25) is 0 Å². The molecule has 1 heterocycles. The van der Waals surface area contributed by atoms with Crippen LogP contribution in [-0.2, 0) is 4.74 Å². The molecule has 1 aliphatic carbocycles. The van der Waals surface area contributed by atoms with Gasteiger partial charge in [-0.2, -0.15) is 0 Å². The van der Waals surface area contributed by atoms with E-state index in [9.17, 15) is 9.90 Å². The number of aliphatic hydroxyl groups is 1.